The third-order valence-electron chi connectivity index (χ3n) is 4.06. The van der Waals surface area contributed by atoms with E-state index in [2.05, 4.69) is 5.32 Å². The molecule has 1 aromatic carbocycles. The zero-order valence-electron chi connectivity index (χ0n) is 14.4. The number of rotatable bonds is 5. The molecule has 0 bridgehead atoms. The average molecular weight is 398 g/mol. The lowest BCUT2D eigenvalue weighted by Gasteiger charge is -2.11. The van der Waals surface area contributed by atoms with Crippen LogP contribution in [0, 0.1) is 0 Å². The normalized spacial score (nSPS) is 13.2. The first-order valence-corrected chi connectivity index (χ1v) is 9.18. The lowest BCUT2D eigenvalue weighted by Crippen LogP contribution is -2.30. The van der Waals surface area contributed by atoms with Crippen LogP contribution < -0.4 is 15.4 Å². The van der Waals surface area contributed by atoms with Gasteiger partial charge in [0, 0.05) is 10.6 Å². The van der Waals surface area contributed by atoms with E-state index < -0.39 is 18.0 Å². The van der Waals surface area contributed by atoms with Crippen molar-refractivity contribution in [2.75, 3.05) is 17.2 Å². The molecular formula is C18H17F3N2O3S. The second kappa shape index (κ2) is 7.59. The molecule has 1 aliphatic carbocycles. The van der Waals surface area contributed by atoms with Crippen molar-refractivity contribution >= 4 is 33.8 Å². The van der Waals surface area contributed by atoms with Gasteiger partial charge in [-0.1, -0.05) is 0 Å². The highest BCUT2D eigenvalue weighted by atomic mass is 32.1. The number of nitrogens with one attached hydrogen (secondary N) is 2. The highest BCUT2D eigenvalue weighted by molar-refractivity contribution is 7.17. The molecule has 0 saturated carbocycles. The third kappa shape index (κ3) is 4.24. The minimum Gasteiger partial charge on any atom is -0.494 e. The minimum atomic E-state index is -5.02. The van der Waals surface area contributed by atoms with E-state index in [4.69, 9.17) is 4.74 Å². The van der Waals surface area contributed by atoms with Crippen LogP contribution in [-0.2, 0) is 17.6 Å². The quantitative estimate of drug-likeness (QED) is 0.785. The van der Waals surface area contributed by atoms with Crippen LogP contribution in [0.4, 0.5) is 23.9 Å². The lowest BCUT2D eigenvalue weighted by atomic mass is 10.1. The maximum atomic E-state index is 12.7. The van der Waals surface area contributed by atoms with Gasteiger partial charge in [0.15, 0.2) is 0 Å². The van der Waals surface area contributed by atoms with Gasteiger partial charge >= 0.3 is 12.1 Å². The van der Waals surface area contributed by atoms with E-state index in [0.717, 1.165) is 22.6 Å². The Morgan fingerprint density at radius 2 is 1.85 bits per heavy atom. The van der Waals surface area contributed by atoms with Gasteiger partial charge in [0.05, 0.1) is 12.2 Å². The van der Waals surface area contributed by atoms with Crippen LogP contribution in [0.1, 0.15) is 34.1 Å². The number of ether oxygens (including phenoxy) is 1. The molecule has 5 nitrogen and oxygen atoms in total. The summed E-state index contributed by atoms with van der Waals surface area (Å²) in [5.74, 6) is -1.99. The predicted molar refractivity (Wildman–Crippen MR) is 96.6 cm³/mol. The van der Waals surface area contributed by atoms with E-state index >= 15 is 0 Å². The predicted octanol–water partition coefficient (Wildman–Crippen LogP) is 4.39. The zero-order chi connectivity index (χ0) is 19.6. The van der Waals surface area contributed by atoms with Crippen molar-refractivity contribution in [3.05, 3.63) is 40.3 Å². The molecule has 144 valence electrons. The number of alkyl halides is 3. The number of benzene rings is 1. The molecule has 0 aliphatic heterocycles. The molecule has 0 saturated heterocycles. The largest absolute Gasteiger partial charge is 0.494 e. The maximum absolute atomic E-state index is 12.7. The Hall–Kier alpha value is -2.55. The molecule has 0 fully saturated rings. The van der Waals surface area contributed by atoms with E-state index in [-0.39, 0.29) is 10.6 Å². The zero-order valence-corrected chi connectivity index (χ0v) is 15.2. The summed E-state index contributed by atoms with van der Waals surface area (Å²) in [6, 6.07) is 6.65. The number of amides is 2. The molecule has 1 heterocycles. The number of carbonyl (C=O) groups excluding carboxylic acids is 2. The van der Waals surface area contributed by atoms with Crippen LogP contribution in [0.25, 0.3) is 0 Å². The van der Waals surface area contributed by atoms with E-state index in [1.165, 1.54) is 0 Å². The Bertz CT molecular complexity index is 860. The van der Waals surface area contributed by atoms with Crippen molar-refractivity contribution in [3.63, 3.8) is 0 Å². The second-order valence-corrected chi connectivity index (χ2v) is 7.03. The number of hydrogen-bond acceptors (Lipinski definition) is 4. The van der Waals surface area contributed by atoms with Crippen molar-refractivity contribution < 1.29 is 27.5 Å². The monoisotopic (exact) mass is 398 g/mol. The summed E-state index contributed by atoms with van der Waals surface area (Å²) in [4.78, 5) is 24.9. The first kappa shape index (κ1) is 19.2. The number of hydrogen-bond donors (Lipinski definition) is 2. The molecular weight excluding hydrogens is 381 g/mol. The minimum absolute atomic E-state index is 0.0644. The number of fused-ring (bicyclic) bond motifs is 1. The number of thiophene rings is 1. The van der Waals surface area contributed by atoms with Gasteiger partial charge < -0.3 is 15.4 Å². The molecule has 0 atom stereocenters. The van der Waals surface area contributed by atoms with Crippen molar-refractivity contribution in [1.29, 1.82) is 0 Å². The highest BCUT2D eigenvalue weighted by Gasteiger charge is 2.40. The molecule has 2 N–H and O–H groups in total. The van der Waals surface area contributed by atoms with E-state index in [1.807, 2.05) is 12.2 Å². The Kier molecular flexibility index (Phi) is 5.41. The Labute approximate surface area is 157 Å². The summed E-state index contributed by atoms with van der Waals surface area (Å²) in [5, 5.41) is 4.46. The molecule has 0 unspecified atom stereocenters. The fraction of sp³-hybridized carbons (Fsp3) is 0.333. The Balaban J connectivity index is 1.84. The van der Waals surface area contributed by atoms with Gasteiger partial charge in [-0.05, 0) is 56.0 Å². The smallest absolute Gasteiger partial charge is 0.471 e. The summed E-state index contributed by atoms with van der Waals surface area (Å²) in [6.45, 7) is 2.36. The summed E-state index contributed by atoms with van der Waals surface area (Å²) in [7, 11) is 0. The number of aryl methyl sites for hydroxylation is 1. The Morgan fingerprint density at radius 3 is 2.48 bits per heavy atom. The van der Waals surface area contributed by atoms with E-state index in [9.17, 15) is 22.8 Å². The molecule has 9 heteroatoms. The van der Waals surface area contributed by atoms with Crippen LogP contribution in [0.15, 0.2) is 24.3 Å². The van der Waals surface area contributed by atoms with Gasteiger partial charge in [-0.3, -0.25) is 9.59 Å². The topological polar surface area (TPSA) is 67.4 Å². The summed E-state index contributed by atoms with van der Waals surface area (Å²) in [6.07, 6.45) is -2.90. The molecule has 3 rings (SSSR count). The average Bonchev–Trinajstić information content (AvgIpc) is 3.16. The maximum Gasteiger partial charge on any atom is 0.471 e. The number of halogens is 3. The SMILES string of the molecule is CCOc1ccc(NC(=O)c2c(NC(=O)C(F)(F)F)sc3c2CCC3)cc1. The molecule has 2 amide bonds. The summed E-state index contributed by atoms with van der Waals surface area (Å²) >= 11 is 1.03. The van der Waals surface area contributed by atoms with Crippen LogP contribution in [0.3, 0.4) is 0 Å². The van der Waals surface area contributed by atoms with Crippen molar-refractivity contribution in [3.8, 4) is 5.75 Å². The van der Waals surface area contributed by atoms with Crippen LogP contribution >= 0.6 is 11.3 Å². The standard InChI is InChI=1S/C18H17F3N2O3S/c1-2-26-11-8-6-10(7-9-11)22-15(24)14-12-4-3-5-13(12)27-16(14)23-17(25)18(19,20)21/h6-9H,2-5H2,1H3,(H,22,24)(H,23,25). The molecule has 0 spiro atoms. The molecule has 0 radical (unpaired) electrons. The van der Waals surface area contributed by atoms with Crippen molar-refractivity contribution in [2.45, 2.75) is 32.4 Å². The second-order valence-electron chi connectivity index (χ2n) is 5.92. The molecule has 1 aliphatic rings. The molecule has 27 heavy (non-hydrogen) atoms. The van der Waals surface area contributed by atoms with E-state index in [0.29, 0.717) is 36.4 Å². The van der Waals surface area contributed by atoms with Gasteiger partial charge in [-0.25, -0.2) is 0 Å². The first-order chi connectivity index (χ1) is 12.8. The third-order valence-corrected chi connectivity index (χ3v) is 5.26. The number of carbonyl (C=O) groups is 2. The van der Waals surface area contributed by atoms with Gasteiger partial charge in [-0.15, -0.1) is 11.3 Å². The van der Waals surface area contributed by atoms with E-state index in [1.54, 1.807) is 24.3 Å². The van der Waals surface area contributed by atoms with Crippen LogP contribution in [-0.4, -0.2) is 24.6 Å². The summed E-state index contributed by atoms with van der Waals surface area (Å²) in [5.41, 5.74) is 1.30. The van der Waals surface area contributed by atoms with Crippen LogP contribution in [0.5, 0.6) is 5.75 Å². The van der Waals surface area contributed by atoms with Crippen molar-refractivity contribution in [1.82, 2.24) is 0 Å². The Morgan fingerprint density at radius 1 is 1.15 bits per heavy atom. The first-order valence-electron chi connectivity index (χ1n) is 8.36. The van der Waals surface area contributed by atoms with Crippen molar-refractivity contribution in [2.24, 2.45) is 0 Å². The van der Waals surface area contributed by atoms with Crippen LogP contribution in [0.2, 0.25) is 0 Å². The van der Waals surface area contributed by atoms with Gasteiger partial charge in [-0.2, -0.15) is 13.2 Å². The highest BCUT2D eigenvalue weighted by Crippen LogP contribution is 2.40. The van der Waals surface area contributed by atoms with Gasteiger partial charge in [0.25, 0.3) is 5.91 Å². The van der Waals surface area contributed by atoms with Gasteiger partial charge in [0.1, 0.15) is 10.8 Å². The fourth-order valence-corrected chi connectivity index (χ4v) is 4.18. The molecule has 1 aromatic heterocycles. The lowest BCUT2D eigenvalue weighted by molar-refractivity contribution is -0.167. The fourth-order valence-electron chi connectivity index (χ4n) is 2.90. The summed E-state index contributed by atoms with van der Waals surface area (Å²) < 4.78 is 43.1. The van der Waals surface area contributed by atoms with Gasteiger partial charge in [0.2, 0.25) is 0 Å². The molecule has 2 aromatic rings. The number of anilines is 2.